The van der Waals surface area contributed by atoms with Gasteiger partial charge in [-0.2, -0.15) is 0 Å². The van der Waals surface area contributed by atoms with Crippen molar-refractivity contribution in [3.05, 3.63) is 6.92 Å². The quantitative estimate of drug-likeness (QED) is 0.524. The van der Waals surface area contributed by atoms with E-state index in [1.807, 2.05) is 0 Å². The molecule has 0 rings (SSSR count). The summed E-state index contributed by atoms with van der Waals surface area (Å²) >= 11 is 0. The average Bonchev–Trinajstić information content (AvgIpc) is 1.68. The molecule has 0 heterocycles. The molecule has 0 fully saturated rings. The van der Waals surface area contributed by atoms with Crippen LogP contribution in [-0.2, 0) is 0 Å². The Balaban J connectivity index is 3.06. The molecule has 0 bridgehead atoms. The zero-order chi connectivity index (χ0) is 6.41. The number of nitrogens with two attached hydrogens (primary N) is 1. The van der Waals surface area contributed by atoms with Crippen LogP contribution in [-0.4, -0.2) is 12.3 Å². The lowest BCUT2D eigenvalue weighted by atomic mass is 10.2. The van der Waals surface area contributed by atoms with Gasteiger partial charge in [-0.3, -0.25) is 0 Å². The summed E-state index contributed by atoms with van der Waals surface area (Å²) in [5.74, 6) is 0. The first-order valence-corrected chi connectivity index (χ1v) is 2.87. The maximum atomic E-state index is 7.17. The predicted molar refractivity (Wildman–Crippen MR) is 36.0 cm³/mol. The summed E-state index contributed by atoms with van der Waals surface area (Å²) in [4.78, 5) is 0. The van der Waals surface area contributed by atoms with Gasteiger partial charge >= 0.3 is 0 Å². The van der Waals surface area contributed by atoms with Crippen LogP contribution in [0, 0.1) is 12.3 Å². The van der Waals surface area contributed by atoms with E-state index >= 15 is 0 Å². The van der Waals surface area contributed by atoms with Crippen LogP contribution in [0.1, 0.15) is 19.3 Å². The van der Waals surface area contributed by atoms with Crippen molar-refractivity contribution in [1.82, 2.24) is 0 Å². The summed E-state index contributed by atoms with van der Waals surface area (Å²) in [5, 5.41) is 7.17. The van der Waals surface area contributed by atoms with Crippen LogP contribution in [0.2, 0.25) is 0 Å². The number of rotatable bonds is 4. The fourth-order valence-corrected chi connectivity index (χ4v) is 0.513. The molecular formula is C6H13N2. The number of hydrogen-bond acceptors (Lipinski definition) is 2. The Morgan fingerprint density at radius 3 is 2.50 bits per heavy atom. The van der Waals surface area contributed by atoms with Crippen molar-refractivity contribution in [1.29, 1.82) is 5.41 Å². The molecule has 0 aliphatic rings. The van der Waals surface area contributed by atoms with Gasteiger partial charge in [-0.1, -0.05) is 6.92 Å². The molecule has 0 spiro atoms. The third-order valence-corrected chi connectivity index (χ3v) is 0.925. The molecule has 0 aromatic heterocycles. The minimum absolute atomic E-state index is 0.596. The monoisotopic (exact) mass is 113 g/mol. The highest BCUT2D eigenvalue weighted by Gasteiger charge is 1.90. The summed E-state index contributed by atoms with van der Waals surface area (Å²) in [7, 11) is 0. The highest BCUT2D eigenvalue weighted by Crippen LogP contribution is 1.91. The van der Waals surface area contributed by atoms with Gasteiger partial charge in [0.25, 0.3) is 0 Å². The third kappa shape index (κ3) is 3.81. The summed E-state index contributed by atoms with van der Waals surface area (Å²) in [6.07, 6.45) is 2.35. The molecule has 47 valence electrons. The topological polar surface area (TPSA) is 49.9 Å². The zero-order valence-corrected chi connectivity index (χ0v) is 5.11. The Hall–Kier alpha value is -0.370. The predicted octanol–water partition coefficient (Wildman–Crippen LogP) is 0.969. The minimum Gasteiger partial charge on any atom is -0.330 e. The molecule has 0 aliphatic carbocycles. The minimum atomic E-state index is 0.596. The van der Waals surface area contributed by atoms with E-state index < -0.39 is 0 Å². The maximum absolute atomic E-state index is 7.17. The lowest BCUT2D eigenvalue weighted by molar-refractivity contribution is 0.967. The van der Waals surface area contributed by atoms with E-state index in [-0.39, 0.29) is 0 Å². The second kappa shape index (κ2) is 4.78. The van der Waals surface area contributed by atoms with Gasteiger partial charge in [-0.05, 0) is 25.8 Å². The standard InChI is InChI=1S/C6H13N2/c1-2-3-6(8)4-5-7/h8H,1-5,7H2. The highest BCUT2D eigenvalue weighted by atomic mass is 14.5. The Morgan fingerprint density at radius 1 is 1.50 bits per heavy atom. The van der Waals surface area contributed by atoms with E-state index in [4.69, 9.17) is 11.1 Å². The molecule has 0 amide bonds. The van der Waals surface area contributed by atoms with Gasteiger partial charge < -0.3 is 11.1 Å². The second-order valence-corrected chi connectivity index (χ2v) is 1.75. The normalized spacial score (nSPS) is 9.25. The van der Waals surface area contributed by atoms with E-state index in [1.165, 1.54) is 0 Å². The Kier molecular flexibility index (Phi) is 4.56. The van der Waals surface area contributed by atoms with Crippen molar-refractivity contribution in [3.63, 3.8) is 0 Å². The zero-order valence-electron chi connectivity index (χ0n) is 5.11. The Labute approximate surface area is 50.6 Å². The van der Waals surface area contributed by atoms with Crippen LogP contribution < -0.4 is 5.73 Å². The van der Waals surface area contributed by atoms with Crippen LogP contribution >= 0.6 is 0 Å². The first-order valence-electron chi connectivity index (χ1n) is 2.87. The second-order valence-electron chi connectivity index (χ2n) is 1.75. The lowest BCUT2D eigenvalue weighted by Gasteiger charge is -1.95. The van der Waals surface area contributed by atoms with Crippen LogP contribution in [0.25, 0.3) is 0 Å². The van der Waals surface area contributed by atoms with E-state index in [9.17, 15) is 0 Å². The maximum Gasteiger partial charge on any atom is 0.0102 e. The van der Waals surface area contributed by atoms with Crippen LogP contribution in [0.4, 0.5) is 0 Å². The SMILES string of the molecule is [CH2]CCC(=N)CCN. The van der Waals surface area contributed by atoms with Crippen LogP contribution in [0.5, 0.6) is 0 Å². The largest absolute Gasteiger partial charge is 0.330 e. The fraction of sp³-hybridized carbons (Fsp3) is 0.667. The van der Waals surface area contributed by atoms with Crippen molar-refractivity contribution in [2.24, 2.45) is 5.73 Å². The van der Waals surface area contributed by atoms with Gasteiger partial charge in [-0.25, -0.2) is 0 Å². The van der Waals surface area contributed by atoms with Crippen molar-refractivity contribution in [2.75, 3.05) is 6.54 Å². The fourth-order valence-electron chi connectivity index (χ4n) is 0.513. The molecule has 2 nitrogen and oxygen atoms in total. The molecule has 1 radical (unpaired) electrons. The highest BCUT2D eigenvalue weighted by molar-refractivity contribution is 5.81. The third-order valence-electron chi connectivity index (χ3n) is 0.925. The Bertz CT molecular complexity index is 60.9. The van der Waals surface area contributed by atoms with E-state index in [0.717, 1.165) is 25.0 Å². The van der Waals surface area contributed by atoms with Gasteiger partial charge in [0.15, 0.2) is 0 Å². The molecule has 3 N–H and O–H groups in total. The first kappa shape index (κ1) is 7.63. The van der Waals surface area contributed by atoms with Gasteiger partial charge in [0.1, 0.15) is 0 Å². The number of nitrogens with one attached hydrogen (secondary N) is 1. The van der Waals surface area contributed by atoms with Crippen molar-refractivity contribution < 1.29 is 0 Å². The van der Waals surface area contributed by atoms with Crippen molar-refractivity contribution in [2.45, 2.75) is 19.3 Å². The van der Waals surface area contributed by atoms with Crippen molar-refractivity contribution in [3.8, 4) is 0 Å². The van der Waals surface area contributed by atoms with Crippen LogP contribution in [0.3, 0.4) is 0 Å². The molecule has 0 aromatic rings. The van der Waals surface area contributed by atoms with Gasteiger partial charge in [0.05, 0.1) is 0 Å². The molecular weight excluding hydrogens is 100 g/mol. The smallest absolute Gasteiger partial charge is 0.0102 e. The lowest BCUT2D eigenvalue weighted by Crippen LogP contribution is -2.06. The average molecular weight is 113 g/mol. The molecule has 0 unspecified atom stereocenters. The van der Waals surface area contributed by atoms with E-state index in [1.54, 1.807) is 0 Å². The van der Waals surface area contributed by atoms with E-state index in [0.29, 0.717) is 6.54 Å². The molecule has 0 saturated carbocycles. The molecule has 0 aliphatic heterocycles. The molecule has 0 saturated heterocycles. The van der Waals surface area contributed by atoms with E-state index in [2.05, 4.69) is 6.92 Å². The number of hydrogen-bond donors (Lipinski definition) is 2. The molecule has 8 heavy (non-hydrogen) atoms. The molecule has 0 aromatic carbocycles. The van der Waals surface area contributed by atoms with Gasteiger partial charge in [-0.15, -0.1) is 0 Å². The van der Waals surface area contributed by atoms with Gasteiger partial charge in [0.2, 0.25) is 0 Å². The summed E-state index contributed by atoms with van der Waals surface area (Å²) in [6.45, 7) is 4.22. The van der Waals surface area contributed by atoms with Crippen LogP contribution in [0.15, 0.2) is 0 Å². The summed E-state index contributed by atoms with van der Waals surface area (Å²) in [5.41, 5.74) is 5.92. The summed E-state index contributed by atoms with van der Waals surface area (Å²) < 4.78 is 0. The van der Waals surface area contributed by atoms with Crippen molar-refractivity contribution >= 4 is 5.71 Å². The molecule has 0 atom stereocenters. The molecule has 2 heteroatoms. The van der Waals surface area contributed by atoms with Gasteiger partial charge in [0, 0.05) is 5.71 Å². The first-order chi connectivity index (χ1) is 3.81. The Morgan fingerprint density at radius 2 is 2.12 bits per heavy atom. The summed E-state index contributed by atoms with van der Waals surface area (Å²) in [6, 6.07) is 0.